The molecule has 6 rings (SSSR count). The molecule has 0 saturated heterocycles. The Kier molecular flexibility index (Phi) is 5.21. The zero-order valence-corrected chi connectivity index (χ0v) is 20.9. The molecular weight excluding hydrogens is 429 g/mol. The Morgan fingerprint density at radius 1 is 1.03 bits per heavy atom. The highest BCUT2D eigenvalue weighted by molar-refractivity contribution is 5.74. The zero-order valence-electron chi connectivity index (χ0n) is 20.9. The van der Waals surface area contributed by atoms with Crippen LogP contribution in [0.1, 0.15) is 78.6 Å². The molecule has 186 valence electrons. The van der Waals surface area contributed by atoms with Gasteiger partial charge in [-0.2, -0.15) is 0 Å². The summed E-state index contributed by atoms with van der Waals surface area (Å²) < 4.78 is 15.3. The molecule has 0 spiro atoms. The third-order valence-electron chi connectivity index (χ3n) is 11.3. The first-order valence-corrected chi connectivity index (χ1v) is 13.5. The lowest BCUT2D eigenvalue weighted by Crippen LogP contribution is -2.56. The first kappa shape index (κ1) is 22.9. The van der Waals surface area contributed by atoms with E-state index in [0.29, 0.717) is 29.3 Å². The minimum Gasteiger partial charge on any atom is -0.391 e. The van der Waals surface area contributed by atoms with Gasteiger partial charge in [0.2, 0.25) is 0 Å². The number of fused-ring (bicyclic) bond motifs is 6. The summed E-state index contributed by atoms with van der Waals surface area (Å²) >= 11 is 0. The number of benzene rings is 1. The number of rotatable bonds is 3. The van der Waals surface area contributed by atoms with Crippen molar-refractivity contribution in [1.29, 1.82) is 0 Å². The molecule has 0 bridgehead atoms. The molecule has 1 heterocycles. The molecule has 0 aliphatic heterocycles. The first-order valence-electron chi connectivity index (χ1n) is 13.5. The summed E-state index contributed by atoms with van der Waals surface area (Å²) in [5.74, 6) is 2.77. The normalized spacial score (nSPS) is 44.9. The van der Waals surface area contributed by atoms with Crippen LogP contribution in [0.5, 0.6) is 0 Å². The Bertz CT molecular complexity index is 1080. The monoisotopic (exact) mass is 469 g/mol. The van der Waals surface area contributed by atoms with Crippen molar-refractivity contribution in [3.63, 3.8) is 0 Å². The van der Waals surface area contributed by atoms with Crippen LogP contribution < -0.4 is 0 Å². The SMILES string of the molecule is C[C@@]1(O)CC[C@@]2(C)[C@@H](CC[C@@H]3[C@@H]2CC[C@]2(C)[C@@H](C(O)Cn4nnc5cc(F)ccc54)CC[C@@H]32)C1. The van der Waals surface area contributed by atoms with Crippen LogP contribution in [0.2, 0.25) is 0 Å². The fraction of sp³-hybridized carbons (Fsp3) is 0.786. The third kappa shape index (κ3) is 3.38. The summed E-state index contributed by atoms with van der Waals surface area (Å²) in [6.07, 6.45) is 9.82. The Morgan fingerprint density at radius 2 is 1.82 bits per heavy atom. The van der Waals surface area contributed by atoms with E-state index in [9.17, 15) is 14.6 Å². The van der Waals surface area contributed by atoms with Gasteiger partial charge < -0.3 is 10.2 Å². The van der Waals surface area contributed by atoms with Gasteiger partial charge in [0, 0.05) is 6.07 Å². The number of aromatic nitrogens is 3. The highest BCUT2D eigenvalue weighted by atomic mass is 19.1. The van der Waals surface area contributed by atoms with Crippen molar-refractivity contribution in [3.05, 3.63) is 24.0 Å². The summed E-state index contributed by atoms with van der Waals surface area (Å²) in [5, 5.41) is 30.5. The van der Waals surface area contributed by atoms with Gasteiger partial charge in [0.1, 0.15) is 11.3 Å². The molecule has 0 amide bonds. The molecule has 4 aliphatic rings. The molecule has 4 aliphatic carbocycles. The summed E-state index contributed by atoms with van der Waals surface area (Å²) in [4.78, 5) is 0. The minimum atomic E-state index is -0.486. The molecule has 6 heteroatoms. The predicted molar refractivity (Wildman–Crippen MR) is 129 cm³/mol. The second-order valence-electron chi connectivity index (χ2n) is 13.1. The molecule has 5 nitrogen and oxygen atoms in total. The molecule has 4 saturated carbocycles. The largest absolute Gasteiger partial charge is 0.391 e. The Hall–Kier alpha value is -1.53. The number of aliphatic hydroxyl groups excluding tert-OH is 1. The molecule has 0 radical (unpaired) electrons. The standard InChI is InChI=1S/C28H40FN3O2/c1-26(34)12-13-27(2)17(15-26)4-6-19-20-7-8-22(28(20,3)11-10-21(19)27)25(33)16-32-24-9-5-18(29)14-23(24)30-31-32/h5,9,14,17,19-22,25,33-34H,4,6-8,10-13,15-16H2,1-3H3/t17-,19-,20-,21-,22+,25?,26+,27-,28-/m0/s1. The number of hydrogen-bond acceptors (Lipinski definition) is 4. The average molecular weight is 470 g/mol. The molecule has 1 unspecified atom stereocenters. The van der Waals surface area contributed by atoms with Crippen LogP contribution in [0.3, 0.4) is 0 Å². The maximum Gasteiger partial charge on any atom is 0.125 e. The Morgan fingerprint density at radius 3 is 2.65 bits per heavy atom. The topological polar surface area (TPSA) is 71.2 Å². The number of nitrogens with zero attached hydrogens (tertiary/aromatic N) is 3. The second-order valence-corrected chi connectivity index (χ2v) is 13.1. The first-order chi connectivity index (χ1) is 16.1. The van der Waals surface area contributed by atoms with Gasteiger partial charge in [-0.15, -0.1) is 5.10 Å². The molecule has 1 aromatic carbocycles. The van der Waals surface area contributed by atoms with Crippen LogP contribution in [0.25, 0.3) is 11.0 Å². The molecule has 2 N–H and O–H groups in total. The van der Waals surface area contributed by atoms with Crippen LogP contribution >= 0.6 is 0 Å². The van der Waals surface area contributed by atoms with Crippen molar-refractivity contribution in [1.82, 2.24) is 15.0 Å². The van der Waals surface area contributed by atoms with Gasteiger partial charge in [-0.3, -0.25) is 0 Å². The highest BCUT2D eigenvalue weighted by Gasteiger charge is 2.61. The van der Waals surface area contributed by atoms with E-state index in [-0.39, 0.29) is 17.2 Å². The number of halogens is 1. The van der Waals surface area contributed by atoms with E-state index >= 15 is 0 Å². The van der Waals surface area contributed by atoms with Crippen molar-refractivity contribution < 1.29 is 14.6 Å². The molecular formula is C28H40FN3O2. The maximum atomic E-state index is 13.6. The fourth-order valence-corrected chi connectivity index (χ4v) is 9.49. The van der Waals surface area contributed by atoms with Gasteiger partial charge in [-0.1, -0.05) is 19.1 Å². The highest BCUT2D eigenvalue weighted by Crippen LogP contribution is 2.68. The zero-order chi connectivity index (χ0) is 23.9. The number of aliphatic hydroxyl groups is 2. The average Bonchev–Trinajstić information content (AvgIpc) is 3.34. The summed E-state index contributed by atoms with van der Waals surface area (Å²) in [6.45, 7) is 7.43. The van der Waals surface area contributed by atoms with Crippen molar-refractivity contribution in [2.75, 3.05) is 0 Å². The van der Waals surface area contributed by atoms with Crippen molar-refractivity contribution in [2.24, 2.45) is 40.4 Å². The van der Waals surface area contributed by atoms with Crippen LogP contribution in [0.15, 0.2) is 18.2 Å². The van der Waals surface area contributed by atoms with E-state index in [0.717, 1.165) is 43.0 Å². The summed E-state index contributed by atoms with van der Waals surface area (Å²) in [5.41, 5.74) is 1.35. The van der Waals surface area contributed by atoms with Crippen molar-refractivity contribution in [2.45, 2.75) is 96.8 Å². The molecule has 1 aromatic heterocycles. The summed E-state index contributed by atoms with van der Waals surface area (Å²) in [7, 11) is 0. The lowest BCUT2D eigenvalue weighted by atomic mass is 9.44. The van der Waals surface area contributed by atoms with E-state index in [2.05, 4.69) is 24.2 Å². The lowest BCUT2D eigenvalue weighted by molar-refractivity contribution is -0.150. The van der Waals surface area contributed by atoms with Crippen LogP contribution in [-0.4, -0.2) is 36.9 Å². The van der Waals surface area contributed by atoms with Crippen LogP contribution in [-0.2, 0) is 6.54 Å². The molecule has 34 heavy (non-hydrogen) atoms. The van der Waals surface area contributed by atoms with E-state index < -0.39 is 11.7 Å². The smallest absolute Gasteiger partial charge is 0.125 e. The van der Waals surface area contributed by atoms with Gasteiger partial charge in [0.15, 0.2) is 0 Å². The van der Waals surface area contributed by atoms with Gasteiger partial charge >= 0.3 is 0 Å². The van der Waals surface area contributed by atoms with Gasteiger partial charge in [0.05, 0.1) is 23.8 Å². The Labute approximate surface area is 202 Å². The van der Waals surface area contributed by atoms with Crippen LogP contribution in [0.4, 0.5) is 4.39 Å². The van der Waals surface area contributed by atoms with E-state index in [1.807, 2.05) is 6.92 Å². The quantitative estimate of drug-likeness (QED) is 0.636. The number of hydrogen-bond donors (Lipinski definition) is 2. The Balaban J connectivity index is 1.21. The van der Waals surface area contributed by atoms with Crippen molar-refractivity contribution in [3.8, 4) is 0 Å². The van der Waals surface area contributed by atoms with E-state index in [1.165, 1.54) is 44.2 Å². The van der Waals surface area contributed by atoms with Crippen molar-refractivity contribution >= 4 is 11.0 Å². The second kappa shape index (κ2) is 7.73. The third-order valence-corrected chi connectivity index (χ3v) is 11.3. The lowest BCUT2D eigenvalue weighted by Gasteiger charge is -2.62. The molecule has 2 aromatic rings. The predicted octanol–water partition coefficient (Wildman–Crippen LogP) is 5.34. The summed E-state index contributed by atoms with van der Waals surface area (Å²) in [6, 6.07) is 4.55. The minimum absolute atomic E-state index is 0.159. The maximum absolute atomic E-state index is 13.6. The van der Waals surface area contributed by atoms with Gasteiger partial charge in [-0.25, -0.2) is 9.07 Å². The van der Waals surface area contributed by atoms with E-state index in [1.54, 1.807) is 10.7 Å². The van der Waals surface area contributed by atoms with Crippen LogP contribution in [0, 0.1) is 46.2 Å². The molecule has 4 fully saturated rings. The van der Waals surface area contributed by atoms with Gasteiger partial charge in [0.25, 0.3) is 0 Å². The fourth-order valence-electron chi connectivity index (χ4n) is 9.49. The van der Waals surface area contributed by atoms with Gasteiger partial charge in [-0.05, 0) is 117 Å². The molecule has 9 atom stereocenters. The van der Waals surface area contributed by atoms with E-state index in [4.69, 9.17) is 0 Å².